The van der Waals surface area contributed by atoms with E-state index < -0.39 is 23.8 Å². The summed E-state index contributed by atoms with van der Waals surface area (Å²) in [5.41, 5.74) is 1.57. The average molecular weight is 384 g/mol. The normalized spacial score (nSPS) is 24.6. The molecule has 2 atom stereocenters. The van der Waals surface area contributed by atoms with Gasteiger partial charge in [0, 0.05) is 13.0 Å². The maximum absolute atomic E-state index is 12.8. The summed E-state index contributed by atoms with van der Waals surface area (Å²) in [7, 11) is 0. The standard InChI is InChI=1S/C20H24N4O4/c25-17-4-3-16(18(26)23-17)24-19(27)14-2-1-13(9-15(14)20(24)28)11-22-8-6-12-5-7-21-10-12/h1-2,9,12,16,21-22H,3-8,10-11H2,(H,23,25,26). The Balaban J connectivity index is 1.40. The number of fused-ring (bicyclic) bond motifs is 1. The van der Waals surface area contributed by atoms with Crippen molar-refractivity contribution in [2.45, 2.75) is 38.3 Å². The maximum atomic E-state index is 12.8. The fourth-order valence-electron chi connectivity index (χ4n) is 4.13. The van der Waals surface area contributed by atoms with Gasteiger partial charge in [0.25, 0.3) is 11.8 Å². The van der Waals surface area contributed by atoms with Crippen molar-refractivity contribution >= 4 is 23.6 Å². The molecule has 4 amide bonds. The van der Waals surface area contributed by atoms with Gasteiger partial charge in [-0.3, -0.25) is 29.4 Å². The monoisotopic (exact) mass is 384 g/mol. The number of hydrogen-bond acceptors (Lipinski definition) is 6. The summed E-state index contributed by atoms with van der Waals surface area (Å²) in [5.74, 6) is -1.18. The van der Waals surface area contributed by atoms with Crippen LogP contribution in [-0.4, -0.2) is 54.2 Å². The molecular weight excluding hydrogens is 360 g/mol. The molecule has 2 fully saturated rings. The predicted octanol–water partition coefficient (Wildman–Crippen LogP) is 0.177. The summed E-state index contributed by atoms with van der Waals surface area (Å²) in [6.07, 6.45) is 2.61. The van der Waals surface area contributed by atoms with Crippen LogP contribution in [0, 0.1) is 5.92 Å². The van der Waals surface area contributed by atoms with Gasteiger partial charge < -0.3 is 10.6 Å². The Morgan fingerprint density at radius 1 is 1.07 bits per heavy atom. The van der Waals surface area contributed by atoms with Crippen LogP contribution >= 0.6 is 0 Å². The van der Waals surface area contributed by atoms with E-state index >= 15 is 0 Å². The molecule has 0 radical (unpaired) electrons. The first kappa shape index (κ1) is 18.8. The first-order valence-electron chi connectivity index (χ1n) is 9.80. The van der Waals surface area contributed by atoms with Crippen molar-refractivity contribution in [1.82, 2.24) is 20.9 Å². The first-order chi connectivity index (χ1) is 13.5. The fraction of sp³-hybridized carbons (Fsp3) is 0.500. The molecule has 0 spiro atoms. The highest BCUT2D eigenvalue weighted by Crippen LogP contribution is 2.28. The lowest BCUT2D eigenvalue weighted by Gasteiger charge is -2.27. The molecule has 3 aliphatic rings. The molecule has 8 nitrogen and oxygen atoms in total. The van der Waals surface area contributed by atoms with Gasteiger partial charge in [0.05, 0.1) is 11.1 Å². The van der Waals surface area contributed by atoms with E-state index in [2.05, 4.69) is 16.0 Å². The van der Waals surface area contributed by atoms with E-state index in [0.29, 0.717) is 23.6 Å². The highest BCUT2D eigenvalue weighted by Gasteiger charge is 2.44. The quantitative estimate of drug-likeness (QED) is 0.477. The van der Waals surface area contributed by atoms with Crippen LogP contribution in [0.3, 0.4) is 0 Å². The van der Waals surface area contributed by atoms with Crippen LogP contribution in [0.4, 0.5) is 0 Å². The molecule has 0 aliphatic carbocycles. The second kappa shape index (κ2) is 7.81. The Labute approximate surface area is 163 Å². The topological polar surface area (TPSA) is 108 Å². The Kier molecular flexibility index (Phi) is 5.23. The lowest BCUT2D eigenvalue weighted by Crippen LogP contribution is -2.54. The highest BCUT2D eigenvalue weighted by atomic mass is 16.2. The van der Waals surface area contributed by atoms with E-state index in [1.165, 1.54) is 6.42 Å². The summed E-state index contributed by atoms with van der Waals surface area (Å²) in [4.78, 5) is 49.9. The van der Waals surface area contributed by atoms with Gasteiger partial charge in [-0.1, -0.05) is 6.07 Å². The molecule has 28 heavy (non-hydrogen) atoms. The summed E-state index contributed by atoms with van der Waals surface area (Å²) < 4.78 is 0. The van der Waals surface area contributed by atoms with Crippen molar-refractivity contribution in [2.24, 2.45) is 5.92 Å². The largest absolute Gasteiger partial charge is 0.316 e. The Hall–Kier alpha value is -2.58. The molecule has 3 N–H and O–H groups in total. The van der Waals surface area contributed by atoms with Gasteiger partial charge in [0.1, 0.15) is 6.04 Å². The Morgan fingerprint density at radius 2 is 1.89 bits per heavy atom. The summed E-state index contributed by atoms with van der Waals surface area (Å²) >= 11 is 0. The van der Waals surface area contributed by atoms with Crippen LogP contribution in [0.1, 0.15) is 52.0 Å². The van der Waals surface area contributed by atoms with Crippen molar-refractivity contribution in [3.8, 4) is 0 Å². The highest BCUT2D eigenvalue weighted by molar-refractivity contribution is 6.23. The number of imide groups is 2. The molecule has 1 aromatic rings. The summed E-state index contributed by atoms with van der Waals surface area (Å²) in [5, 5.41) is 8.95. The molecule has 1 aromatic carbocycles. The zero-order chi connectivity index (χ0) is 19.7. The zero-order valence-corrected chi connectivity index (χ0v) is 15.6. The third-order valence-corrected chi connectivity index (χ3v) is 5.73. The lowest BCUT2D eigenvalue weighted by molar-refractivity contribution is -0.136. The molecular formula is C20H24N4O4. The fourth-order valence-corrected chi connectivity index (χ4v) is 4.13. The van der Waals surface area contributed by atoms with Crippen LogP contribution in [0.2, 0.25) is 0 Å². The van der Waals surface area contributed by atoms with Crippen molar-refractivity contribution in [3.63, 3.8) is 0 Å². The number of nitrogens with one attached hydrogen (secondary N) is 3. The summed E-state index contributed by atoms with van der Waals surface area (Å²) in [6, 6.07) is 4.29. The number of carbonyl (C=O) groups excluding carboxylic acids is 4. The SMILES string of the molecule is O=C1CCC(N2C(=O)c3ccc(CNCCC4CCNC4)cc3C2=O)C(=O)N1. The molecule has 0 aromatic heterocycles. The van der Waals surface area contributed by atoms with Crippen LogP contribution in [-0.2, 0) is 16.1 Å². The second-order valence-electron chi connectivity index (χ2n) is 7.65. The van der Waals surface area contributed by atoms with E-state index in [9.17, 15) is 19.2 Å². The Morgan fingerprint density at radius 3 is 2.64 bits per heavy atom. The van der Waals surface area contributed by atoms with Gasteiger partial charge in [-0.15, -0.1) is 0 Å². The number of benzene rings is 1. The summed E-state index contributed by atoms with van der Waals surface area (Å²) in [6.45, 7) is 3.69. The molecule has 148 valence electrons. The average Bonchev–Trinajstić information content (AvgIpc) is 3.27. The van der Waals surface area contributed by atoms with Crippen molar-refractivity contribution in [3.05, 3.63) is 34.9 Å². The smallest absolute Gasteiger partial charge is 0.262 e. The van der Waals surface area contributed by atoms with E-state index in [4.69, 9.17) is 0 Å². The van der Waals surface area contributed by atoms with E-state index in [0.717, 1.165) is 36.5 Å². The minimum atomic E-state index is -0.924. The van der Waals surface area contributed by atoms with Crippen LogP contribution in [0.15, 0.2) is 18.2 Å². The lowest BCUT2D eigenvalue weighted by atomic mass is 10.0. The van der Waals surface area contributed by atoms with E-state index in [-0.39, 0.29) is 18.7 Å². The van der Waals surface area contributed by atoms with Crippen molar-refractivity contribution < 1.29 is 19.2 Å². The van der Waals surface area contributed by atoms with Gasteiger partial charge in [0.15, 0.2) is 0 Å². The number of nitrogens with zero attached hydrogens (tertiary/aromatic N) is 1. The Bertz CT molecular complexity index is 831. The number of rotatable bonds is 6. The van der Waals surface area contributed by atoms with Gasteiger partial charge in [-0.25, -0.2) is 0 Å². The van der Waals surface area contributed by atoms with E-state index in [1.807, 2.05) is 6.07 Å². The molecule has 8 heteroatoms. The number of hydrogen-bond donors (Lipinski definition) is 3. The van der Waals surface area contributed by atoms with E-state index in [1.54, 1.807) is 12.1 Å². The second-order valence-corrected chi connectivity index (χ2v) is 7.65. The van der Waals surface area contributed by atoms with Crippen molar-refractivity contribution in [1.29, 1.82) is 0 Å². The molecule has 0 saturated carbocycles. The minimum Gasteiger partial charge on any atom is -0.316 e. The van der Waals surface area contributed by atoms with Crippen molar-refractivity contribution in [2.75, 3.05) is 19.6 Å². The third-order valence-electron chi connectivity index (χ3n) is 5.73. The van der Waals surface area contributed by atoms with Gasteiger partial charge in [-0.05, 0) is 62.5 Å². The third kappa shape index (κ3) is 3.57. The maximum Gasteiger partial charge on any atom is 0.262 e. The van der Waals surface area contributed by atoms with Crippen LogP contribution in [0.25, 0.3) is 0 Å². The zero-order valence-electron chi connectivity index (χ0n) is 15.6. The molecule has 2 unspecified atom stereocenters. The number of amides is 4. The molecule has 3 heterocycles. The van der Waals surface area contributed by atoms with Gasteiger partial charge in [-0.2, -0.15) is 0 Å². The first-order valence-corrected chi connectivity index (χ1v) is 9.80. The minimum absolute atomic E-state index is 0.121. The van der Waals surface area contributed by atoms with Gasteiger partial charge in [0.2, 0.25) is 11.8 Å². The molecule has 0 bridgehead atoms. The van der Waals surface area contributed by atoms with Gasteiger partial charge >= 0.3 is 0 Å². The van der Waals surface area contributed by atoms with Crippen LogP contribution in [0.5, 0.6) is 0 Å². The number of piperidine rings is 1. The molecule has 2 saturated heterocycles. The molecule has 3 aliphatic heterocycles. The predicted molar refractivity (Wildman–Crippen MR) is 100 cm³/mol. The van der Waals surface area contributed by atoms with Crippen LogP contribution < -0.4 is 16.0 Å². The molecule has 4 rings (SSSR count). The number of carbonyl (C=O) groups is 4.